The first-order valence-corrected chi connectivity index (χ1v) is 6.16. The molecule has 0 fully saturated rings. The molecular weight excluding hydrogens is 268 g/mol. The second kappa shape index (κ2) is 8.16. The SMILES string of the molecule is COC(=O)/C=C/c1ccc(NC(=O)NCCCl)cc1. The summed E-state index contributed by atoms with van der Waals surface area (Å²) < 4.78 is 4.48. The van der Waals surface area contributed by atoms with Gasteiger partial charge in [-0.3, -0.25) is 0 Å². The van der Waals surface area contributed by atoms with Gasteiger partial charge in [0.1, 0.15) is 0 Å². The van der Waals surface area contributed by atoms with Crippen molar-refractivity contribution in [3.63, 3.8) is 0 Å². The number of methoxy groups -OCH3 is 1. The Morgan fingerprint density at radius 1 is 1.32 bits per heavy atom. The summed E-state index contributed by atoms with van der Waals surface area (Å²) in [6, 6.07) is 6.71. The van der Waals surface area contributed by atoms with Crippen LogP contribution in [0, 0.1) is 0 Å². The number of benzene rings is 1. The molecule has 0 atom stereocenters. The summed E-state index contributed by atoms with van der Waals surface area (Å²) in [4.78, 5) is 22.3. The number of amides is 2. The van der Waals surface area contributed by atoms with Crippen LogP contribution in [-0.2, 0) is 9.53 Å². The van der Waals surface area contributed by atoms with Crippen molar-refractivity contribution in [2.24, 2.45) is 0 Å². The van der Waals surface area contributed by atoms with Crippen molar-refractivity contribution in [3.8, 4) is 0 Å². The van der Waals surface area contributed by atoms with Crippen LogP contribution in [0.25, 0.3) is 6.08 Å². The van der Waals surface area contributed by atoms with Crippen molar-refractivity contribution in [2.75, 3.05) is 24.9 Å². The van der Waals surface area contributed by atoms with E-state index in [9.17, 15) is 9.59 Å². The third-order valence-electron chi connectivity index (χ3n) is 2.16. The molecule has 0 aliphatic rings. The quantitative estimate of drug-likeness (QED) is 0.494. The van der Waals surface area contributed by atoms with Gasteiger partial charge in [-0.1, -0.05) is 12.1 Å². The van der Waals surface area contributed by atoms with Crippen molar-refractivity contribution in [3.05, 3.63) is 35.9 Å². The third-order valence-corrected chi connectivity index (χ3v) is 2.35. The molecule has 0 unspecified atom stereocenters. The summed E-state index contributed by atoms with van der Waals surface area (Å²) in [5.74, 6) is -0.0485. The molecule has 0 aliphatic carbocycles. The summed E-state index contributed by atoms with van der Waals surface area (Å²) in [6.45, 7) is 0.410. The van der Waals surface area contributed by atoms with E-state index in [0.717, 1.165) is 5.56 Å². The predicted molar refractivity (Wildman–Crippen MR) is 75.2 cm³/mol. The molecule has 0 heterocycles. The Morgan fingerprint density at radius 3 is 2.58 bits per heavy atom. The van der Waals surface area contributed by atoms with E-state index in [-0.39, 0.29) is 6.03 Å². The molecule has 0 aliphatic heterocycles. The van der Waals surface area contributed by atoms with E-state index in [1.165, 1.54) is 13.2 Å². The van der Waals surface area contributed by atoms with Gasteiger partial charge in [0.15, 0.2) is 0 Å². The zero-order valence-corrected chi connectivity index (χ0v) is 11.2. The maximum absolute atomic E-state index is 11.4. The maximum atomic E-state index is 11.4. The van der Waals surface area contributed by atoms with Gasteiger partial charge in [0, 0.05) is 24.2 Å². The van der Waals surface area contributed by atoms with Crippen molar-refractivity contribution < 1.29 is 14.3 Å². The van der Waals surface area contributed by atoms with Crippen LogP contribution in [-0.4, -0.2) is 31.5 Å². The van der Waals surface area contributed by atoms with Gasteiger partial charge in [-0.15, -0.1) is 11.6 Å². The summed E-state index contributed by atoms with van der Waals surface area (Å²) in [5.41, 5.74) is 1.49. The number of alkyl halides is 1. The zero-order valence-electron chi connectivity index (χ0n) is 10.5. The minimum Gasteiger partial charge on any atom is -0.466 e. The number of esters is 1. The zero-order chi connectivity index (χ0) is 14.1. The third kappa shape index (κ3) is 5.92. The number of hydrogen-bond donors (Lipinski definition) is 2. The molecular formula is C13H15ClN2O3. The van der Waals surface area contributed by atoms with Crippen LogP contribution in [0.2, 0.25) is 0 Å². The van der Waals surface area contributed by atoms with E-state index in [0.29, 0.717) is 18.1 Å². The number of hydrogen-bond acceptors (Lipinski definition) is 3. The fraction of sp³-hybridized carbons (Fsp3) is 0.231. The Balaban J connectivity index is 2.54. The lowest BCUT2D eigenvalue weighted by Gasteiger charge is -2.06. The van der Waals surface area contributed by atoms with Crippen molar-refractivity contribution in [1.82, 2.24) is 5.32 Å². The largest absolute Gasteiger partial charge is 0.466 e. The van der Waals surface area contributed by atoms with Crippen LogP contribution in [0.15, 0.2) is 30.3 Å². The molecule has 5 nitrogen and oxygen atoms in total. The summed E-state index contributed by atoms with van der Waals surface area (Å²) in [6.07, 6.45) is 2.96. The van der Waals surface area contributed by atoms with Gasteiger partial charge in [0.25, 0.3) is 0 Å². The van der Waals surface area contributed by atoms with Crippen LogP contribution in [0.4, 0.5) is 10.5 Å². The van der Waals surface area contributed by atoms with Crippen LogP contribution >= 0.6 is 11.6 Å². The van der Waals surface area contributed by atoms with Gasteiger partial charge in [-0.05, 0) is 23.8 Å². The van der Waals surface area contributed by atoms with E-state index in [1.807, 2.05) is 0 Å². The molecule has 0 bridgehead atoms. The fourth-order valence-electron chi connectivity index (χ4n) is 1.25. The Morgan fingerprint density at radius 2 is 2.00 bits per heavy atom. The molecule has 1 rings (SSSR count). The van der Waals surface area contributed by atoms with Gasteiger partial charge >= 0.3 is 12.0 Å². The average Bonchev–Trinajstić information content (AvgIpc) is 2.44. The van der Waals surface area contributed by atoms with Gasteiger partial charge in [0.2, 0.25) is 0 Å². The minimum atomic E-state index is -0.414. The molecule has 0 spiro atoms. The second-order valence-corrected chi connectivity index (χ2v) is 3.93. The number of nitrogens with one attached hydrogen (secondary N) is 2. The normalized spacial score (nSPS) is 10.2. The number of rotatable bonds is 5. The number of urea groups is 1. The van der Waals surface area contributed by atoms with Crippen LogP contribution in [0.3, 0.4) is 0 Å². The molecule has 2 N–H and O–H groups in total. The fourth-order valence-corrected chi connectivity index (χ4v) is 1.34. The van der Waals surface area contributed by atoms with Crippen molar-refractivity contribution in [1.29, 1.82) is 0 Å². The number of anilines is 1. The topological polar surface area (TPSA) is 67.4 Å². The molecule has 102 valence electrons. The molecule has 0 saturated carbocycles. The summed E-state index contributed by atoms with van der Waals surface area (Å²) in [5, 5.41) is 5.24. The lowest BCUT2D eigenvalue weighted by Crippen LogP contribution is -2.30. The van der Waals surface area contributed by atoms with E-state index in [1.54, 1.807) is 30.3 Å². The van der Waals surface area contributed by atoms with Gasteiger partial charge in [-0.2, -0.15) is 0 Å². The van der Waals surface area contributed by atoms with E-state index in [4.69, 9.17) is 11.6 Å². The number of halogens is 1. The Kier molecular flexibility index (Phi) is 6.46. The predicted octanol–water partition coefficient (Wildman–Crippen LogP) is 2.23. The maximum Gasteiger partial charge on any atom is 0.330 e. The first-order chi connectivity index (χ1) is 9.15. The second-order valence-electron chi connectivity index (χ2n) is 3.55. The standard InChI is InChI=1S/C13H15ClN2O3/c1-19-12(17)7-4-10-2-5-11(6-3-10)16-13(18)15-9-8-14/h2-7H,8-9H2,1H3,(H2,15,16,18)/b7-4+. The van der Waals surface area contributed by atoms with Crippen LogP contribution < -0.4 is 10.6 Å². The molecule has 2 amide bonds. The van der Waals surface area contributed by atoms with E-state index >= 15 is 0 Å². The highest BCUT2D eigenvalue weighted by Crippen LogP contribution is 2.10. The van der Waals surface area contributed by atoms with Gasteiger partial charge in [-0.25, -0.2) is 9.59 Å². The van der Waals surface area contributed by atoms with Crippen LogP contribution in [0.1, 0.15) is 5.56 Å². The molecule has 6 heteroatoms. The number of ether oxygens (including phenoxy) is 1. The number of carbonyl (C=O) groups is 2. The van der Waals surface area contributed by atoms with Gasteiger partial charge < -0.3 is 15.4 Å². The smallest absolute Gasteiger partial charge is 0.330 e. The highest BCUT2D eigenvalue weighted by molar-refractivity contribution is 6.18. The molecule has 0 saturated heterocycles. The molecule has 0 radical (unpaired) electrons. The Hall–Kier alpha value is -2.01. The van der Waals surface area contributed by atoms with E-state index in [2.05, 4.69) is 15.4 Å². The lowest BCUT2D eigenvalue weighted by molar-refractivity contribution is -0.134. The molecule has 0 aromatic heterocycles. The number of carbonyl (C=O) groups excluding carboxylic acids is 2. The monoisotopic (exact) mass is 282 g/mol. The highest BCUT2D eigenvalue weighted by atomic mass is 35.5. The molecule has 1 aromatic carbocycles. The van der Waals surface area contributed by atoms with E-state index < -0.39 is 5.97 Å². The average molecular weight is 283 g/mol. The van der Waals surface area contributed by atoms with Crippen molar-refractivity contribution in [2.45, 2.75) is 0 Å². The highest BCUT2D eigenvalue weighted by Gasteiger charge is 2.00. The Labute approximate surface area is 116 Å². The summed E-state index contributed by atoms with van der Waals surface area (Å²) >= 11 is 5.45. The first kappa shape index (κ1) is 15.0. The first-order valence-electron chi connectivity index (χ1n) is 5.62. The Bertz CT molecular complexity index is 457. The van der Waals surface area contributed by atoms with Crippen molar-refractivity contribution >= 4 is 35.4 Å². The lowest BCUT2D eigenvalue weighted by atomic mass is 10.2. The molecule has 1 aromatic rings. The summed E-state index contributed by atoms with van der Waals surface area (Å²) in [7, 11) is 1.32. The van der Waals surface area contributed by atoms with Crippen LogP contribution in [0.5, 0.6) is 0 Å². The minimum absolute atomic E-state index is 0.307. The van der Waals surface area contributed by atoms with Gasteiger partial charge in [0.05, 0.1) is 7.11 Å². The molecule has 19 heavy (non-hydrogen) atoms.